The molecule has 0 aromatic carbocycles. The van der Waals surface area contributed by atoms with Gasteiger partial charge < -0.3 is 15.0 Å². The van der Waals surface area contributed by atoms with Gasteiger partial charge in [-0.1, -0.05) is 13.8 Å². The highest BCUT2D eigenvalue weighted by molar-refractivity contribution is 5.75. The monoisotopic (exact) mass is 242 g/mol. The maximum Gasteiger partial charge on any atom is 0.322 e. The van der Waals surface area contributed by atoms with E-state index >= 15 is 0 Å². The van der Waals surface area contributed by atoms with Gasteiger partial charge in [0.05, 0.1) is 7.11 Å². The Kier molecular flexibility index (Phi) is 6.52. The Labute approximate surface area is 105 Å². The zero-order valence-electron chi connectivity index (χ0n) is 11.4. The molecule has 17 heavy (non-hydrogen) atoms. The Bertz CT molecular complexity index is 229. The van der Waals surface area contributed by atoms with Crippen molar-refractivity contribution in [1.29, 1.82) is 0 Å². The van der Waals surface area contributed by atoms with Gasteiger partial charge in [0.1, 0.15) is 6.04 Å². The molecule has 1 aliphatic rings. The number of ether oxygens (including phenoxy) is 1. The molecule has 100 valence electrons. The molecule has 1 N–H and O–H groups in total. The summed E-state index contributed by atoms with van der Waals surface area (Å²) in [7, 11) is 1.45. The lowest BCUT2D eigenvalue weighted by atomic mass is 10.2. The lowest BCUT2D eigenvalue weighted by Gasteiger charge is -2.23. The van der Waals surface area contributed by atoms with E-state index < -0.39 is 0 Å². The lowest BCUT2D eigenvalue weighted by Crippen LogP contribution is -2.41. The summed E-state index contributed by atoms with van der Waals surface area (Å²) < 4.78 is 4.80. The summed E-state index contributed by atoms with van der Waals surface area (Å²) in [5, 5.41) is 3.18. The van der Waals surface area contributed by atoms with E-state index in [-0.39, 0.29) is 12.0 Å². The van der Waals surface area contributed by atoms with Crippen LogP contribution in [0.25, 0.3) is 0 Å². The summed E-state index contributed by atoms with van der Waals surface area (Å²) >= 11 is 0. The normalized spacial score (nSPS) is 17.2. The second kappa shape index (κ2) is 7.67. The number of likely N-dealkylation sites (N-methyl/N-ethyl adjacent to an activating group) is 1. The summed E-state index contributed by atoms with van der Waals surface area (Å²) in [5.74, 6) is 0.764. The molecule has 0 saturated heterocycles. The van der Waals surface area contributed by atoms with E-state index in [0.29, 0.717) is 0 Å². The minimum Gasteiger partial charge on any atom is -0.468 e. The number of nitrogens with zero attached hydrogens (tertiary/aromatic N) is 1. The minimum absolute atomic E-state index is 0.144. The molecule has 1 unspecified atom stereocenters. The Morgan fingerprint density at radius 3 is 2.65 bits per heavy atom. The molecule has 1 aliphatic carbocycles. The van der Waals surface area contributed by atoms with Crippen molar-refractivity contribution in [2.75, 3.05) is 33.3 Å². The van der Waals surface area contributed by atoms with Gasteiger partial charge in [-0.25, -0.2) is 0 Å². The van der Waals surface area contributed by atoms with Crippen LogP contribution in [0.15, 0.2) is 0 Å². The second-order valence-corrected chi connectivity index (χ2v) is 4.76. The number of carbonyl (C=O) groups excluding carboxylic acids is 1. The van der Waals surface area contributed by atoms with Crippen LogP contribution in [0.5, 0.6) is 0 Å². The highest BCUT2D eigenvalue weighted by atomic mass is 16.5. The van der Waals surface area contributed by atoms with Gasteiger partial charge in [-0.3, -0.25) is 4.79 Å². The van der Waals surface area contributed by atoms with Crippen LogP contribution in [0, 0.1) is 5.92 Å². The molecule has 1 atom stereocenters. The highest BCUT2D eigenvalue weighted by Gasteiger charge is 2.25. The highest BCUT2D eigenvalue weighted by Crippen LogP contribution is 2.29. The number of methoxy groups -OCH3 is 1. The molecule has 0 aromatic rings. The molecular weight excluding hydrogens is 216 g/mol. The zero-order valence-corrected chi connectivity index (χ0v) is 11.4. The van der Waals surface area contributed by atoms with Crippen LogP contribution in [0.1, 0.15) is 33.1 Å². The van der Waals surface area contributed by atoms with Gasteiger partial charge in [-0.15, -0.1) is 0 Å². The van der Waals surface area contributed by atoms with Gasteiger partial charge in [-0.2, -0.15) is 0 Å². The van der Waals surface area contributed by atoms with Crippen LogP contribution in [-0.4, -0.2) is 50.2 Å². The van der Waals surface area contributed by atoms with Crippen molar-refractivity contribution in [3.63, 3.8) is 0 Å². The number of esters is 1. The predicted molar refractivity (Wildman–Crippen MR) is 68.9 cm³/mol. The standard InChI is InChI=1S/C13H26N2O2/c1-4-14-12(13(16)17-3)8-9-15(5-2)10-11-6-7-11/h11-12,14H,4-10H2,1-3H3. The maximum atomic E-state index is 11.5. The van der Waals surface area contributed by atoms with Crippen molar-refractivity contribution in [1.82, 2.24) is 10.2 Å². The summed E-state index contributed by atoms with van der Waals surface area (Å²) in [6.07, 6.45) is 3.59. The van der Waals surface area contributed by atoms with Crippen molar-refractivity contribution in [2.45, 2.75) is 39.2 Å². The van der Waals surface area contributed by atoms with E-state index in [0.717, 1.165) is 32.0 Å². The van der Waals surface area contributed by atoms with Crippen molar-refractivity contribution in [3.05, 3.63) is 0 Å². The molecule has 0 aliphatic heterocycles. The molecule has 1 saturated carbocycles. The number of carbonyl (C=O) groups is 1. The van der Waals surface area contributed by atoms with Gasteiger partial charge in [0.15, 0.2) is 0 Å². The van der Waals surface area contributed by atoms with Gasteiger partial charge in [0.2, 0.25) is 0 Å². The number of hydrogen-bond acceptors (Lipinski definition) is 4. The Morgan fingerprint density at radius 2 is 2.18 bits per heavy atom. The minimum atomic E-state index is -0.154. The third-order valence-electron chi connectivity index (χ3n) is 3.33. The van der Waals surface area contributed by atoms with Gasteiger partial charge in [0, 0.05) is 13.1 Å². The largest absolute Gasteiger partial charge is 0.468 e. The van der Waals surface area contributed by atoms with Crippen molar-refractivity contribution < 1.29 is 9.53 Å². The Morgan fingerprint density at radius 1 is 1.47 bits per heavy atom. The van der Waals surface area contributed by atoms with Crippen molar-refractivity contribution in [2.24, 2.45) is 5.92 Å². The van der Waals surface area contributed by atoms with Crippen LogP contribution >= 0.6 is 0 Å². The SMILES string of the molecule is CCNC(CCN(CC)CC1CC1)C(=O)OC. The van der Waals surface area contributed by atoms with Crippen LogP contribution in [0.4, 0.5) is 0 Å². The predicted octanol–water partition coefficient (Wildman–Crippen LogP) is 1.26. The Balaban J connectivity index is 2.29. The van der Waals surface area contributed by atoms with Gasteiger partial charge in [-0.05, 0) is 38.3 Å². The summed E-state index contributed by atoms with van der Waals surface area (Å²) in [5.41, 5.74) is 0. The molecule has 0 bridgehead atoms. The van der Waals surface area contributed by atoms with E-state index in [1.54, 1.807) is 0 Å². The fraction of sp³-hybridized carbons (Fsp3) is 0.923. The van der Waals surface area contributed by atoms with Crippen LogP contribution in [0.2, 0.25) is 0 Å². The van der Waals surface area contributed by atoms with Crippen LogP contribution in [0.3, 0.4) is 0 Å². The van der Waals surface area contributed by atoms with E-state index in [4.69, 9.17) is 4.74 Å². The molecule has 0 amide bonds. The lowest BCUT2D eigenvalue weighted by molar-refractivity contribution is -0.143. The van der Waals surface area contributed by atoms with E-state index in [1.807, 2.05) is 6.92 Å². The van der Waals surface area contributed by atoms with Gasteiger partial charge >= 0.3 is 5.97 Å². The molecule has 4 heteroatoms. The first-order chi connectivity index (χ1) is 8.21. The topological polar surface area (TPSA) is 41.6 Å². The van der Waals surface area contributed by atoms with Crippen molar-refractivity contribution in [3.8, 4) is 0 Å². The van der Waals surface area contributed by atoms with Crippen LogP contribution in [-0.2, 0) is 9.53 Å². The Hall–Kier alpha value is -0.610. The third-order valence-corrected chi connectivity index (χ3v) is 3.33. The third kappa shape index (κ3) is 5.50. The average molecular weight is 242 g/mol. The molecule has 0 heterocycles. The zero-order chi connectivity index (χ0) is 12.7. The molecule has 4 nitrogen and oxygen atoms in total. The first-order valence-corrected chi connectivity index (χ1v) is 6.74. The summed E-state index contributed by atoms with van der Waals surface area (Å²) in [6.45, 7) is 8.22. The summed E-state index contributed by atoms with van der Waals surface area (Å²) in [6, 6.07) is -0.154. The smallest absolute Gasteiger partial charge is 0.322 e. The molecule has 0 radical (unpaired) electrons. The summed E-state index contributed by atoms with van der Waals surface area (Å²) in [4.78, 5) is 14.0. The molecule has 1 fully saturated rings. The first-order valence-electron chi connectivity index (χ1n) is 6.74. The van der Waals surface area contributed by atoms with E-state index in [9.17, 15) is 4.79 Å². The fourth-order valence-corrected chi connectivity index (χ4v) is 2.05. The molecule has 0 aromatic heterocycles. The molecule has 0 spiro atoms. The number of rotatable bonds is 9. The molecular formula is C13H26N2O2. The molecule has 1 rings (SSSR count). The van der Waals surface area contributed by atoms with Crippen LogP contribution < -0.4 is 5.32 Å². The number of nitrogens with one attached hydrogen (secondary N) is 1. The second-order valence-electron chi connectivity index (χ2n) is 4.76. The van der Waals surface area contributed by atoms with E-state index in [2.05, 4.69) is 17.1 Å². The quantitative estimate of drug-likeness (QED) is 0.618. The average Bonchev–Trinajstić information content (AvgIpc) is 3.15. The first kappa shape index (κ1) is 14.5. The van der Waals surface area contributed by atoms with Crippen molar-refractivity contribution >= 4 is 5.97 Å². The van der Waals surface area contributed by atoms with E-state index in [1.165, 1.54) is 26.5 Å². The maximum absolute atomic E-state index is 11.5. The fourth-order valence-electron chi connectivity index (χ4n) is 2.05. The number of hydrogen-bond donors (Lipinski definition) is 1. The van der Waals surface area contributed by atoms with Gasteiger partial charge in [0.25, 0.3) is 0 Å².